The van der Waals surface area contributed by atoms with E-state index in [1.54, 1.807) is 0 Å². The van der Waals surface area contributed by atoms with E-state index in [0.29, 0.717) is 44.3 Å². The summed E-state index contributed by atoms with van der Waals surface area (Å²) in [6.45, 7) is 0.989. The molecule has 1 fully saturated rings. The van der Waals surface area contributed by atoms with E-state index in [-0.39, 0.29) is 36.4 Å². The fraction of sp³-hybridized carbons (Fsp3) is 0.318. The van der Waals surface area contributed by atoms with Crippen LogP contribution in [-0.2, 0) is 17.8 Å². The largest absolute Gasteiger partial charge is 0.477 e. The molecule has 1 aliphatic rings. The maximum absolute atomic E-state index is 14.2. The van der Waals surface area contributed by atoms with Crippen molar-refractivity contribution in [3.05, 3.63) is 63.2 Å². The second-order valence-electron chi connectivity index (χ2n) is 7.63. The number of aliphatic hydroxyl groups is 1. The third-order valence-electron chi connectivity index (χ3n) is 5.47. The van der Waals surface area contributed by atoms with E-state index in [0.717, 1.165) is 6.20 Å². The number of pyridine rings is 2. The molecule has 3 heterocycles. The first kappa shape index (κ1) is 23.5. The minimum atomic E-state index is -1.44. The highest BCUT2D eigenvalue weighted by Gasteiger charge is 2.22. The molecule has 9 nitrogen and oxygen atoms in total. The highest BCUT2D eigenvalue weighted by molar-refractivity contribution is 5.93. The number of morpholine rings is 1. The molecule has 3 aromatic rings. The van der Waals surface area contributed by atoms with Crippen molar-refractivity contribution in [1.82, 2.24) is 9.55 Å². The summed E-state index contributed by atoms with van der Waals surface area (Å²) < 4.78 is 48.3. The lowest BCUT2D eigenvalue weighted by Crippen LogP contribution is -2.37. The van der Waals surface area contributed by atoms with Gasteiger partial charge in [0, 0.05) is 50.1 Å². The Bertz CT molecular complexity index is 1280. The van der Waals surface area contributed by atoms with E-state index >= 15 is 0 Å². The fourth-order valence-electron chi connectivity index (χ4n) is 3.80. The Labute approximate surface area is 191 Å². The molecule has 3 N–H and O–H groups in total. The molecular weight excluding hydrogens is 457 g/mol. The molecule has 0 saturated carbocycles. The smallest absolute Gasteiger partial charge is 0.341 e. The van der Waals surface area contributed by atoms with Crippen molar-refractivity contribution < 1.29 is 32.9 Å². The molecule has 34 heavy (non-hydrogen) atoms. The number of fused-ring (bicyclic) bond motifs is 1. The Kier molecular flexibility index (Phi) is 6.70. The Hall–Kier alpha value is -3.64. The topological polar surface area (TPSA) is 117 Å². The van der Waals surface area contributed by atoms with Gasteiger partial charge in [0.15, 0.2) is 5.82 Å². The van der Waals surface area contributed by atoms with Crippen LogP contribution >= 0.6 is 0 Å². The number of carboxylic acids is 1. The Morgan fingerprint density at radius 1 is 1.15 bits per heavy atom. The zero-order chi connectivity index (χ0) is 24.4. The Morgan fingerprint density at radius 3 is 2.44 bits per heavy atom. The first-order valence-corrected chi connectivity index (χ1v) is 10.4. The molecule has 1 aromatic carbocycles. The molecule has 1 aliphatic heterocycles. The number of aromatic nitrogens is 2. The number of anilines is 2. The van der Waals surface area contributed by atoms with Gasteiger partial charge in [0.1, 0.15) is 28.7 Å². The second-order valence-corrected chi connectivity index (χ2v) is 7.63. The monoisotopic (exact) mass is 478 g/mol. The van der Waals surface area contributed by atoms with Crippen LogP contribution < -0.4 is 15.6 Å². The molecular formula is C22H21F3N4O5. The normalized spacial score (nSPS) is 13.9. The van der Waals surface area contributed by atoms with Gasteiger partial charge in [0.05, 0.1) is 30.9 Å². The van der Waals surface area contributed by atoms with Gasteiger partial charge in [-0.15, -0.1) is 0 Å². The third-order valence-corrected chi connectivity index (χ3v) is 5.47. The van der Waals surface area contributed by atoms with Crippen LogP contribution in [0.1, 0.15) is 15.9 Å². The molecule has 0 radical (unpaired) electrons. The zero-order valence-electron chi connectivity index (χ0n) is 17.9. The van der Waals surface area contributed by atoms with Crippen LogP contribution in [0.3, 0.4) is 0 Å². The highest BCUT2D eigenvalue weighted by Crippen LogP contribution is 2.29. The summed E-state index contributed by atoms with van der Waals surface area (Å²) in [4.78, 5) is 30.9. The van der Waals surface area contributed by atoms with Gasteiger partial charge in [0.25, 0.3) is 0 Å². The molecule has 12 heteroatoms. The number of carboxylic acid groups (broad SMARTS) is 1. The van der Waals surface area contributed by atoms with E-state index in [2.05, 4.69) is 10.3 Å². The lowest BCUT2D eigenvalue weighted by atomic mass is 10.1. The molecule has 180 valence electrons. The van der Waals surface area contributed by atoms with Crippen LogP contribution in [0.15, 0.2) is 29.2 Å². The average molecular weight is 478 g/mol. The number of aromatic carboxylic acids is 1. The number of aliphatic hydroxyl groups excluding tert-OH is 1. The fourth-order valence-corrected chi connectivity index (χ4v) is 3.80. The van der Waals surface area contributed by atoms with Crippen LogP contribution in [0.25, 0.3) is 11.0 Å². The summed E-state index contributed by atoms with van der Waals surface area (Å²) in [5, 5.41) is 21.7. The molecule has 0 amide bonds. The number of rotatable bonds is 7. The van der Waals surface area contributed by atoms with Gasteiger partial charge in [-0.3, -0.25) is 4.79 Å². The van der Waals surface area contributed by atoms with Gasteiger partial charge in [-0.1, -0.05) is 0 Å². The van der Waals surface area contributed by atoms with Crippen molar-refractivity contribution in [3.8, 4) is 0 Å². The molecule has 0 unspecified atom stereocenters. The van der Waals surface area contributed by atoms with Gasteiger partial charge in [-0.25, -0.2) is 22.9 Å². The Balaban J connectivity index is 1.86. The van der Waals surface area contributed by atoms with Crippen molar-refractivity contribution >= 4 is 28.5 Å². The SMILES string of the molecule is O=C(O)c1cn(CCO)c2nc(N3CCOCC3)c(NCc3c(F)cc(F)cc3F)cc2c1=O. The van der Waals surface area contributed by atoms with Crippen LogP contribution in [0.2, 0.25) is 0 Å². The van der Waals surface area contributed by atoms with Crippen molar-refractivity contribution in [3.63, 3.8) is 0 Å². The summed E-state index contributed by atoms with van der Waals surface area (Å²) in [5.74, 6) is -4.30. The van der Waals surface area contributed by atoms with E-state index in [1.807, 2.05) is 4.90 Å². The summed E-state index contributed by atoms with van der Waals surface area (Å²) >= 11 is 0. The number of nitrogens with one attached hydrogen (secondary N) is 1. The quantitative estimate of drug-likeness (QED) is 0.472. The van der Waals surface area contributed by atoms with Crippen molar-refractivity contribution in [2.24, 2.45) is 0 Å². The third kappa shape index (κ3) is 4.54. The number of benzene rings is 1. The maximum Gasteiger partial charge on any atom is 0.341 e. The van der Waals surface area contributed by atoms with E-state index in [9.17, 15) is 33.0 Å². The lowest BCUT2D eigenvalue weighted by Gasteiger charge is -2.30. The first-order chi connectivity index (χ1) is 16.3. The van der Waals surface area contributed by atoms with Crippen LogP contribution in [0.4, 0.5) is 24.7 Å². The molecule has 1 saturated heterocycles. The number of hydrogen-bond acceptors (Lipinski definition) is 7. The summed E-state index contributed by atoms with van der Waals surface area (Å²) in [6, 6.07) is 2.50. The van der Waals surface area contributed by atoms with Crippen LogP contribution in [0, 0.1) is 17.5 Å². The number of hydrogen-bond donors (Lipinski definition) is 3. The standard InChI is InChI=1S/C22H21F3N4O5/c23-12-7-16(24)14(17(25)8-12)10-26-18-9-13-19(31)15(22(32)33)11-29(1-4-30)20(13)27-21(18)28-2-5-34-6-3-28/h7-9,11,26,30H,1-6,10H2,(H,32,33). The average Bonchev–Trinajstić information content (AvgIpc) is 2.80. The van der Waals surface area contributed by atoms with Gasteiger partial charge in [-0.2, -0.15) is 0 Å². The molecule has 0 spiro atoms. The van der Waals surface area contributed by atoms with E-state index in [4.69, 9.17) is 4.74 Å². The predicted octanol–water partition coefficient (Wildman–Crippen LogP) is 1.95. The highest BCUT2D eigenvalue weighted by atomic mass is 19.1. The van der Waals surface area contributed by atoms with Crippen LogP contribution in [-0.4, -0.2) is 58.6 Å². The van der Waals surface area contributed by atoms with Gasteiger partial charge in [0.2, 0.25) is 5.43 Å². The predicted molar refractivity (Wildman–Crippen MR) is 117 cm³/mol. The van der Waals surface area contributed by atoms with Crippen molar-refractivity contribution in [2.75, 3.05) is 43.1 Å². The summed E-state index contributed by atoms with van der Waals surface area (Å²) in [7, 11) is 0. The minimum absolute atomic E-state index is 0.00854. The molecule has 0 bridgehead atoms. The lowest BCUT2D eigenvalue weighted by molar-refractivity contribution is 0.0694. The maximum atomic E-state index is 14.2. The molecule has 0 atom stereocenters. The van der Waals surface area contributed by atoms with Gasteiger partial charge < -0.3 is 29.7 Å². The molecule has 2 aromatic heterocycles. The number of halogens is 3. The zero-order valence-corrected chi connectivity index (χ0v) is 17.9. The number of ether oxygens (including phenoxy) is 1. The summed E-state index contributed by atoms with van der Waals surface area (Å²) in [6.07, 6.45) is 1.12. The summed E-state index contributed by atoms with van der Waals surface area (Å²) in [5.41, 5.74) is -1.34. The second kappa shape index (κ2) is 9.69. The first-order valence-electron chi connectivity index (χ1n) is 10.4. The molecule has 4 rings (SSSR count). The van der Waals surface area contributed by atoms with E-state index < -0.39 is 40.0 Å². The minimum Gasteiger partial charge on any atom is -0.477 e. The molecule has 0 aliphatic carbocycles. The van der Waals surface area contributed by atoms with Crippen molar-refractivity contribution in [1.29, 1.82) is 0 Å². The Morgan fingerprint density at radius 2 is 1.82 bits per heavy atom. The number of carbonyl (C=O) groups is 1. The van der Waals surface area contributed by atoms with E-state index in [1.165, 1.54) is 10.6 Å². The van der Waals surface area contributed by atoms with Crippen molar-refractivity contribution in [2.45, 2.75) is 13.1 Å². The van der Waals surface area contributed by atoms with Gasteiger partial charge >= 0.3 is 5.97 Å². The van der Waals surface area contributed by atoms with Crippen LogP contribution in [0.5, 0.6) is 0 Å². The van der Waals surface area contributed by atoms with Gasteiger partial charge in [-0.05, 0) is 6.07 Å². The number of nitrogens with zero attached hydrogens (tertiary/aromatic N) is 3.